The molecule has 0 saturated carbocycles. The molecule has 4 heterocycles. The summed E-state index contributed by atoms with van der Waals surface area (Å²) in [6.07, 6.45) is 6.82. The summed E-state index contributed by atoms with van der Waals surface area (Å²) in [5.41, 5.74) is 3.80. The molecule has 2 amide bonds. The number of halogens is 6. The van der Waals surface area contributed by atoms with Gasteiger partial charge in [-0.15, -0.1) is 5.10 Å². The van der Waals surface area contributed by atoms with Crippen molar-refractivity contribution in [3.05, 3.63) is 120 Å². The number of benzene rings is 3. The Balaban J connectivity index is 0.000000454. The summed E-state index contributed by atoms with van der Waals surface area (Å²) in [7, 11) is -10.7. The first-order valence-electron chi connectivity index (χ1n) is 36.8. The van der Waals surface area contributed by atoms with Crippen LogP contribution in [0.15, 0.2) is 97.5 Å². The summed E-state index contributed by atoms with van der Waals surface area (Å²) in [6, 6.07) is 24.8. The number of nitrogens with zero attached hydrogens (tertiary/aromatic N) is 5. The molecule has 26 nitrogen and oxygen atoms in total. The Labute approximate surface area is 640 Å². The van der Waals surface area contributed by atoms with E-state index in [4.69, 9.17) is 66.3 Å². The monoisotopic (exact) mass is 1580 g/mol. The van der Waals surface area contributed by atoms with Crippen LogP contribution in [-0.2, 0) is 90.3 Å². The Morgan fingerprint density at radius 3 is 1.42 bits per heavy atom. The Hall–Kier alpha value is -8.42. The third kappa shape index (κ3) is 38.0. The number of hydrogen-bond acceptors (Lipinski definition) is 22. The molecule has 2 aliphatic heterocycles. The van der Waals surface area contributed by atoms with Gasteiger partial charge in [-0.2, -0.15) is 4.57 Å². The fraction of sp³-hybridized carbons (Fsp3) is 0.597. The molecule has 3 aromatic carbocycles. The first-order valence-corrected chi connectivity index (χ1v) is 38.8. The van der Waals surface area contributed by atoms with Crippen molar-refractivity contribution in [1.29, 1.82) is 0 Å². The molecule has 7 rings (SSSR count). The van der Waals surface area contributed by atoms with Gasteiger partial charge in [0.1, 0.15) is 44.7 Å². The fourth-order valence-corrected chi connectivity index (χ4v) is 10.9. The van der Waals surface area contributed by atoms with Gasteiger partial charge < -0.3 is 71.6 Å². The number of ether oxygens (including phenoxy) is 14. The maximum absolute atomic E-state index is 13.6. The molecular formula is C77H111F6N6O20P. The van der Waals surface area contributed by atoms with Crippen molar-refractivity contribution >= 4 is 49.4 Å². The van der Waals surface area contributed by atoms with Gasteiger partial charge in [-0.05, 0) is 111 Å². The topological polar surface area (TPSA) is 281 Å². The van der Waals surface area contributed by atoms with Crippen molar-refractivity contribution in [2.75, 3.05) is 104 Å². The number of unbranched alkanes of at least 4 members (excludes halogenated alkanes) is 6. The normalized spacial score (nSPS) is 18.6. The molecule has 5 atom stereocenters. The van der Waals surface area contributed by atoms with Gasteiger partial charge in [0.05, 0.1) is 64.1 Å². The molecule has 2 aliphatic rings. The molecule has 616 valence electrons. The van der Waals surface area contributed by atoms with Gasteiger partial charge in [0.25, 0.3) is 5.91 Å². The standard InChI is InChI=1S/C53H78N6O12.C24H32O8.F6P/c1-35(60)66-34-44-45(67-36(2)61)46(68-37(3)62)47(69-38(4)63)49(70-44)57-28-23-39(24-29-57)48(64)54-25-19-15-17-20-26-58-33-42(55-56-58)22-18-14-16-21-27-59(50(65)71-53(11,12)13)43-31-40(51(5,6)7)30-41(32-43)52(8,9)10;1-2-6-22-21(5-1)29-17-13-25-9-10-27-15-19-31-23-7-3-4-8-24(23)32-20-16-28-12-11-26-14-18-30-22;1-7(2,3,4,5)6/h23-24,28-33,44-47,49H,14-22,25-27,34H2,1-13H3;1-8H,9-20H2;/q;;-1/p+1/t44-,45-,46+,47+,49+;;/m1../s1. The number of pyridine rings is 1. The molecule has 1 N–H and O–H groups in total. The van der Waals surface area contributed by atoms with Crippen molar-refractivity contribution in [3.8, 4) is 23.0 Å². The van der Waals surface area contributed by atoms with Crippen LogP contribution in [-0.4, -0.2) is 180 Å². The van der Waals surface area contributed by atoms with Gasteiger partial charge in [0, 0.05) is 71.3 Å². The summed E-state index contributed by atoms with van der Waals surface area (Å²) in [5.74, 6) is -0.338. The van der Waals surface area contributed by atoms with Crippen molar-refractivity contribution in [1.82, 2.24) is 20.3 Å². The number of fused-ring (bicyclic) bond motifs is 2. The number of esters is 4. The Morgan fingerprint density at radius 1 is 0.545 bits per heavy atom. The van der Waals surface area contributed by atoms with E-state index in [9.17, 15) is 53.9 Å². The zero-order valence-corrected chi connectivity index (χ0v) is 66.3. The van der Waals surface area contributed by atoms with Crippen LogP contribution in [0.1, 0.15) is 175 Å². The van der Waals surface area contributed by atoms with Gasteiger partial charge in [-0.3, -0.25) is 33.6 Å². The number of hydrogen-bond donors (Lipinski definition) is 1. The van der Waals surface area contributed by atoms with Crippen LogP contribution in [0.3, 0.4) is 0 Å². The molecule has 110 heavy (non-hydrogen) atoms. The van der Waals surface area contributed by atoms with E-state index < -0.39 is 67.9 Å². The number of para-hydroxylation sites is 4. The van der Waals surface area contributed by atoms with E-state index in [0.29, 0.717) is 121 Å². The van der Waals surface area contributed by atoms with E-state index in [1.54, 1.807) is 24.5 Å². The van der Waals surface area contributed by atoms with Gasteiger partial charge in [-0.1, -0.05) is 103 Å². The fourth-order valence-electron chi connectivity index (χ4n) is 10.9. The summed E-state index contributed by atoms with van der Waals surface area (Å²) in [4.78, 5) is 76.7. The number of aryl methyl sites for hydroxylation is 2. The van der Waals surface area contributed by atoms with E-state index >= 15 is 0 Å². The first-order chi connectivity index (χ1) is 51.6. The average molecular weight is 1590 g/mol. The van der Waals surface area contributed by atoms with Crippen molar-refractivity contribution in [2.24, 2.45) is 0 Å². The minimum atomic E-state index is -10.7. The predicted octanol–water partition coefficient (Wildman–Crippen LogP) is 14.3. The molecule has 0 spiro atoms. The summed E-state index contributed by atoms with van der Waals surface area (Å²) < 4.78 is 142. The average Bonchev–Trinajstić information content (AvgIpc) is 0.851. The van der Waals surface area contributed by atoms with Crippen LogP contribution in [0.25, 0.3) is 0 Å². The molecule has 33 heteroatoms. The minimum absolute atomic E-state index is 0.0814. The Morgan fingerprint density at radius 2 is 0.973 bits per heavy atom. The van der Waals surface area contributed by atoms with E-state index in [0.717, 1.165) is 89.6 Å². The van der Waals surface area contributed by atoms with Gasteiger partial charge in [0.15, 0.2) is 47.6 Å². The molecule has 0 aliphatic carbocycles. The third-order valence-corrected chi connectivity index (χ3v) is 16.1. The van der Waals surface area contributed by atoms with Crippen molar-refractivity contribution < 1.29 is 125 Å². The molecule has 5 aromatic rings. The van der Waals surface area contributed by atoms with Crippen LogP contribution in [0.5, 0.6) is 23.0 Å². The molecule has 1 fully saturated rings. The molecule has 1 saturated heterocycles. The largest absolute Gasteiger partial charge is 0.487 e. The number of rotatable bonds is 22. The van der Waals surface area contributed by atoms with E-state index in [1.807, 2.05) is 85.1 Å². The predicted molar refractivity (Wildman–Crippen MR) is 396 cm³/mol. The summed E-state index contributed by atoms with van der Waals surface area (Å²) in [5, 5.41) is 11.7. The van der Waals surface area contributed by atoms with E-state index in [-0.39, 0.29) is 29.4 Å². The van der Waals surface area contributed by atoms with Gasteiger partial charge in [0.2, 0.25) is 6.10 Å². The van der Waals surface area contributed by atoms with Crippen LogP contribution in [0.2, 0.25) is 0 Å². The van der Waals surface area contributed by atoms with Crippen molar-refractivity contribution in [3.63, 3.8) is 0 Å². The molecule has 0 unspecified atom stereocenters. The van der Waals surface area contributed by atoms with Crippen LogP contribution < -0.4 is 33.7 Å². The zero-order chi connectivity index (χ0) is 81.2. The maximum Gasteiger partial charge on any atom is 0.161 e. The second-order valence-corrected chi connectivity index (χ2v) is 30.9. The number of amides is 2. The van der Waals surface area contributed by atoms with Gasteiger partial charge in [-0.25, -0.2) is 4.79 Å². The quantitative estimate of drug-likeness (QED) is 0.0168. The first kappa shape index (κ1) is 92.2. The number of aromatic nitrogens is 4. The Kier molecular flexibility index (Phi) is 36.4. The number of anilines is 1. The smallest absolute Gasteiger partial charge is 0.161 e. The number of carbonyl (C=O) groups excluding carboxylic acids is 6. The third-order valence-electron chi connectivity index (χ3n) is 16.1. The number of nitrogens with one attached hydrogen (secondary N) is 1. The van der Waals surface area contributed by atoms with Crippen LogP contribution in [0, 0.1) is 0 Å². The van der Waals surface area contributed by atoms with Crippen molar-refractivity contribution in [2.45, 2.75) is 201 Å². The summed E-state index contributed by atoms with van der Waals surface area (Å²) >= 11 is 0. The van der Waals surface area contributed by atoms with E-state index in [1.165, 1.54) is 29.5 Å². The second kappa shape index (κ2) is 43.4. The second-order valence-electron chi connectivity index (χ2n) is 29.0. The van der Waals surface area contributed by atoms with E-state index in [2.05, 4.69) is 75.4 Å². The molecule has 2 aromatic heterocycles. The van der Waals surface area contributed by atoms with Crippen LogP contribution >= 0.6 is 7.81 Å². The molecule has 0 radical (unpaired) electrons. The zero-order valence-electron chi connectivity index (χ0n) is 65.4. The number of carbonyl (C=O) groups is 6. The van der Waals surface area contributed by atoms with Crippen LogP contribution in [0.4, 0.5) is 35.7 Å². The SMILES string of the molecule is CC(=O)OC[C@H]1O[C@H]([n+]2ccc(C(=O)NCCCCCCn3cc(CCCCCCN(C(=O)OC(C)(C)C)c4cc(C(C)(C)C)cc(C(C)(C)C)c4)nn3)cc2)[C@@H](OC(C)=O)[C@@H](OC(C)=O)[C@@H]1OC(C)=O.F[P-](F)(F)(F)(F)F.c1ccc2c(c1)OCCOCCOCCOc1ccccc1OCCOCCOCCO2. The molecular weight excluding hydrogens is 1470 g/mol. The Bertz CT molecular complexity index is 3500. The minimum Gasteiger partial charge on any atom is -0.487 e. The molecule has 0 bridgehead atoms. The maximum atomic E-state index is 13.6. The van der Waals surface area contributed by atoms with Gasteiger partial charge >= 0.3 is 69.2 Å². The summed E-state index contributed by atoms with van der Waals surface area (Å²) in [6.45, 7) is 30.5.